The van der Waals surface area contributed by atoms with E-state index in [0.29, 0.717) is 13.0 Å². The lowest BCUT2D eigenvalue weighted by Crippen LogP contribution is -2.55. The summed E-state index contributed by atoms with van der Waals surface area (Å²) in [6, 6.07) is 9.62. The van der Waals surface area contributed by atoms with Crippen LogP contribution in [-0.2, 0) is 16.1 Å². The molecule has 0 aliphatic carbocycles. The molecule has 3 rings (SSSR count). The van der Waals surface area contributed by atoms with E-state index in [0.717, 1.165) is 37.4 Å². The molecule has 1 amide bonds. The molecule has 2 aliphatic rings. The number of carbonyl (C=O) groups excluding carboxylic acids is 1. The summed E-state index contributed by atoms with van der Waals surface area (Å²) in [6.45, 7) is 5.19. The molecule has 0 aromatic heterocycles. The van der Waals surface area contributed by atoms with Crippen molar-refractivity contribution in [2.75, 3.05) is 26.2 Å². The van der Waals surface area contributed by atoms with Crippen LogP contribution in [0.5, 0.6) is 0 Å². The molecule has 2 aliphatic heterocycles. The van der Waals surface area contributed by atoms with Crippen LogP contribution in [0.2, 0.25) is 0 Å². The van der Waals surface area contributed by atoms with Crippen molar-refractivity contribution in [3.63, 3.8) is 0 Å². The first-order valence-corrected chi connectivity index (χ1v) is 9.45. The fourth-order valence-electron chi connectivity index (χ4n) is 3.87. The first-order chi connectivity index (χ1) is 12.5. The Morgan fingerprint density at radius 3 is 2.50 bits per heavy atom. The van der Waals surface area contributed by atoms with Crippen molar-refractivity contribution in [2.45, 2.75) is 38.8 Å². The van der Waals surface area contributed by atoms with Crippen molar-refractivity contribution in [1.82, 2.24) is 9.80 Å². The molecule has 142 valence electrons. The van der Waals surface area contributed by atoms with E-state index >= 15 is 0 Å². The number of nitrogens with zero attached hydrogens (tertiary/aromatic N) is 2. The Balaban J connectivity index is 1.61. The van der Waals surface area contributed by atoms with Gasteiger partial charge in [-0.15, -0.1) is 0 Å². The minimum Gasteiger partial charge on any atom is -0.481 e. The number of benzene rings is 1. The summed E-state index contributed by atoms with van der Waals surface area (Å²) in [7, 11) is 0. The van der Waals surface area contributed by atoms with Gasteiger partial charge in [0.2, 0.25) is 0 Å². The number of hydrogen-bond donors (Lipinski definition) is 1. The molecule has 2 saturated heterocycles. The number of aliphatic carboxylic acids is 1. The molecule has 2 fully saturated rings. The minimum atomic E-state index is -0.832. The molecule has 0 radical (unpaired) electrons. The van der Waals surface area contributed by atoms with Crippen molar-refractivity contribution in [1.29, 1.82) is 0 Å². The Bertz CT molecular complexity index is 613. The second kappa shape index (κ2) is 8.54. The van der Waals surface area contributed by atoms with Crippen LogP contribution in [0.25, 0.3) is 0 Å². The maximum absolute atomic E-state index is 12.5. The highest BCUT2D eigenvalue weighted by Crippen LogP contribution is 2.26. The second-order valence-corrected chi connectivity index (χ2v) is 7.59. The summed E-state index contributed by atoms with van der Waals surface area (Å²) >= 11 is 0. The van der Waals surface area contributed by atoms with E-state index in [1.807, 2.05) is 30.3 Å². The third-order valence-electron chi connectivity index (χ3n) is 5.58. The summed E-state index contributed by atoms with van der Waals surface area (Å²) in [5, 5.41) is 9.51. The SMILES string of the molecule is CC1CCN([C@H]2C[C@H](C(=O)O)CN(C(=O)OCc3ccccc3)C2)CC1. The summed E-state index contributed by atoms with van der Waals surface area (Å²) in [5.41, 5.74) is 0.925. The van der Waals surface area contributed by atoms with Gasteiger partial charge in [0.05, 0.1) is 5.92 Å². The molecule has 0 unspecified atom stereocenters. The summed E-state index contributed by atoms with van der Waals surface area (Å²) < 4.78 is 5.42. The summed E-state index contributed by atoms with van der Waals surface area (Å²) in [6.07, 6.45) is 2.45. The molecule has 6 heteroatoms. The van der Waals surface area contributed by atoms with Crippen LogP contribution >= 0.6 is 0 Å². The lowest BCUT2D eigenvalue weighted by atomic mass is 9.90. The molecular formula is C20H28N2O4. The van der Waals surface area contributed by atoms with Crippen molar-refractivity contribution in [3.8, 4) is 0 Å². The lowest BCUT2D eigenvalue weighted by molar-refractivity contribution is -0.144. The van der Waals surface area contributed by atoms with Crippen LogP contribution in [0.15, 0.2) is 30.3 Å². The van der Waals surface area contributed by atoms with Gasteiger partial charge in [-0.3, -0.25) is 9.69 Å². The van der Waals surface area contributed by atoms with Crippen molar-refractivity contribution >= 4 is 12.1 Å². The Labute approximate surface area is 154 Å². The number of carbonyl (C=O) groups is 2. The predicted octanol–water partition coefficient (Wildman–Crippen LogP) is 2.83. The number of ether oxygens (including phenoxy) is 1. The number of carboxylic acid groups (broad SMARTS) is 1. The number of amides is 1. The lowest BCUT2D eigenvalue weighted by Gasteiger charge is -2.43. The minimum absolute atomic E-state index is 0.0987. The maximum Gasteiger partial charge on any atom is 0.410 e. The first kappa shape index (κ1) is 18.7. The largest absolute Gasteiger partial charge is 0.481 e. The van der Waals surface area contributed by atoms with E-state index in [1.165, 1.54) is 0 Å². The number of likely N-dealkylation sites (tertiary alicyclic amines) is 2. The smallest absolute Gasteiger partial charge is 0.410 e. The molecule has 1 N–H and O–H groups in total. The van der Waals surface area contributed by atoms with E-state index in [1.54, 1.807) is 4.90 Å². The molecule has 1 aromatic carbocycles. The zero-order valence-electron chi connectivity index (χ0n) is 15.3. The molecular weight excluding hydrogens is 332 g/mol. The van der Waals surface area contributed by atoms with Gasteiger partial charge in [-0.05, 0) is 43.8 Å². The van der Waals surface area contributed by atoms with Gasteiger partial charge in [0.15, 0.2) is 0 Å². The molecule has 0 bridgehead atoms. The monoisotopic (exact) mass is 360 g/mol. The van der Waals surface area contributed by atoms with Gasteiger partial charge in [0, 0.05) is 19.1 Å². The van der Waals surface area contributed by atoms with Gasteiger partial charge in [0.1, 0.15) is 6.61 Å². The number of carboxylic acids is 1. The molecule has 1 aromatic rings. The van der Waals surface area contributed by atoms with Gasteiger partial charge < -0.3 is 14.7 Å². The van der Waals surface area contributed by atoms with Gasteiger partial charge in [0.25, 0.3) is 0 Å². The Hall–Kier alpha value is -2.08. The highest BCUT2D eigenvalue weighted by Gasteiger charge is 2.37. The molecule has 0 saturated carbocycles. The van der Waals surface area contributed by atoms with E-state index in [-0.39, 0.29) is 19.2 Å². The molecule has 0 spiro atoms. The predicted molar refractivity (Wildman–Crippen MR) is 97.7 cm³/mol. The standard InChI is InChI=1S/C20H28N2O4/c1-15-7-9-21(10-8-15)18-11-17(19(23)24)12-22(13-18)20(25)26-14-16-5-3-2-4-6-16/h2-6,15,17-18H,7-14H2,1H3,(H,23,24)/t17-,18-/m0/s1. The normalized spacial score (nSPS) is 25.0. The third-order valence-corrected chi connectivity index (χ3v) is 5.58. The Morgan fingerprint density at radius 2 is 1.85 bits per heavy atom. The van der Waals surface area contributed by atoms with E-state index in [4.69, 9.17) is 4.74 Å². The zero-order valence-corrected chi connectivity index (χ0v) is 15.3. The molecule has 6 nitrogen and oxygen atoms in total. The Morgan fingerprint density at radius 1 is 1.15 bits per heavy atom. The topological polar surface area (TPSA) is 70.1 Å². The summed E-state index contributed by atoms with van der Waals surface area (Å²) in [4.78, 5) is 28.0. The van der Waals surface area contributed by atoms with Crippen molar-refractivity contribution < 1.29 is 19.4 Å². The second-order valence-electron chi connectivity index (χ2n) is 7.59. The van der Waals surface area contributed by atoms with Crippen LogP contribution in [0.4, 0.5) is 4.79 Å². The van der Waals surface area contributed by atoms with Gasteiger partial charge in [-0.25, -0.2) is 4.79 Å². The van der Waals surface area contributed by atoms with Crippen LogP contribution in [0.3, 0.4) is 0 Å². The van der Waals surface area contributed by atoms with Crippen molar-refractivity contribution in [2.24, 2.45) is 11.8 Å². The average molecular weight is 360 g/mol. The Kier molecular flexibility index (Phi) is 6.14. The highest BCUT2D eigenvalue weighted by molar-refractivity contribution is 5.73. The van der Waals surface area contributed by atoms with Crippen LogP contribution in [-0.4, -0.2) is 59.2 Å². The van der Waals surface area contributed by atoms with Gasteiger partial charge in [-0.2, -0.15) is 0 Å². The van der Waals surface area contributed by atoms with Crippen LogP contribution in [0, 0.1) is 11.8 Å². The van der Waals surface area contributed by atoms with E-state index in [9.17, 15) is 14.7 Å². The molecule has 2 heterocycles. The highest BCUT2D eigenvalue weighted by atomic mass is 16.6. The number of rotatable bonds is 4. The van der Waals surface area contributed by atoms with Crippen molar-refractivity contribution in [3.05, 3.63) is 35.9 Å². The quantitative estimate of drug-likeness (QED) is 0.894. The fraction of sp³-hybridized carbons (Fsp3) is 0.600. The van der Waals surface area contributed by atoms with E-state index in [2.05, 4.69) is 11.8 Å². The molecule has 2 atom stereocenters. The fourth-order valence-corrected chi connectivity index (χ4v) is 3.87. The maximum atomic E-state index is 12.5. The summed E-state index contributed by atoms with van der Waals surface area (Å²) in [5.74, 6) is -0.643. The van der Waals surface area contributed by atoms with Gasteiger partial charge in [-0.1, -0.05) is 37.3 Å². The van der Waals surface area contributed by atoms with E-state index < -0.39 is 18.0 Å². The third kappa shape index (κ3) is 4.75. The average Bonchev–Trinajstić information content (AvgIpc) is 2.67. The zero-order chi connectivity index (χ0) is 18.5. The number of piperidine rings is 2. The molecule has 26 heavy (non-hydrogen) atoms. The van der Waals surface area contributed by atoms with Crippen LogP contribution < -0.4 is 0 Å². The van der Waals surface area contributed by atoms with Gasteiger partial charge >= 0.3 is 12.1 Å². The van der Waals surface area contributed by atoms with Crippen LogP contribution in [0.1, 0.15) is 31.7 Å². The first-order valence-electron chi connectivity index (χ1n) is 9.45. The number of hydrogen-bond acceptors (Lipinski definition) is 4.